The summed E-state index contributed by atoms with van der Waals surface area (Å²) in [6.07, 6.45) is 3.75. The number of anilines is 1. The van der Waals surface area contributed by atoms with E-state index in [1.165, 1.54) is 6.42 Å². The minimum absolute atomic E-state index is 0.281. The van der Waals surface area contributed by atoms with E-state index in [2.05, 4.69) is 32.8 Å². The van der Waals surface area contributed by atoms with Gasteiger partial charge in [-0.05, 0) is 37.0 Å². The van der Waals surface area contributed by atoms with Crippen LogP contribution >= 0.6 is 0 Å². The Kier molecular flexibility index (Phi) is 4.07. The summed E-state index contributed by atoms with van der Waals surface area (Å²) in [7, 11) is 1.91. The van der Waals surface area contributed by atoms with Gasteiger partial charge < -0.3 is 10.5 Å². The Bertz CT molecular complexity index is 439. The highest BCUT2D eigenvalue weighted by Crippen LogP contribution is 2.35. The van der Waals surface area contributed by atoms with Crippen molar-refractivity contribution in [3.05, 3.63) is 5.69 Å². The van der Waals surface area contributed by atoms with Crippen LogP contribution in [0, 0.1) is 11.8 Å². The number of aromatic nitrogens is 2. The van der Waals surface area contributed by atoms with Gasteiger partial charge in [0.1, 0.15) is 11.8 Å². The van der Waals surface area contributed by atoms with Crippen LogP contribution in [0.25, 0.3) is 0 Å². The van der Waals surface area contributed by atoms with Crippen molar-refractivity contribution in [2.75, 3.05) is 5.73 Å². The van der Waals surface area contributed by atoms with Gasteiger partial charge in [0.25, 0.3) is 0 Å². The highest BCUT2D eigenvalue weighted by atomic mass is 16.5. The fourth-order valence-electron chi connectivity index (χ4n) is 2.87. The molecule has 2 rings (SSSR count). The number of nitrogen functional groups attached to an aromatic ring is 1. The van der Waals surface area contributed by atoms with Crippen LogP contribution in [0.3, 0.4) is 0 Å². The summed E-state index contributed by atoms with van der Waals surface area (Å²) in [4.78, 5) is 0. The molecular formula is C15H27N3O. The van der Waals surface area contributed by atoms with E-state index >= 15 is 0 Å². The van der Waals surface area contributed by atoms with Gasteiger partial charge in [0.2, 0.25) is 5.88 Å². The standard InChI is InChI=1S/C15H27N3O/c1-9(2)14-13(16)15(18(5)17-14)19-12-7-6-10(3)11(4)8-12/h9-12H,6-8,16H2,1-5H3. The Morgan fingerprint density at radius 1 is 1.26 bits per heavy atom. The molecule has 0 aliphatic heterocycles. The van der Waals surface area contributed by atoms with Gasteiger partial charge in [-0.15, -0.1) is 0 Å². The zero-order chi connectivity index (χ0) is 14.2. The molecule has 1 aliphatic rings. The predicted molar refractivity (Wildman–Crippen MR) is 78.3 cm³/mol. The molecule has 0 bridgehead atoms. The summed E-state index contributed by atoms with van der Waals surface area (Å²) in [5.74, 6) is 2.59. The van der Waals surface area contributed by atoms with E-state index in [0.29, 0.717) is 11.6 Å². The summed E-state index contributed by atoms with van der Waals surface area (Å²) < 4.78 is 7.93. The van der Waals surface area contributed by atoms with Crippen molar-refractivity contribution >= 4 is 5.69 Å². The molecule has 1 aromatic rings. The summed E-state index contributed by atoms with van der Waals surface area (Å²) >= 11 is 0. The van der Waals surface area contributed by atoms with Crippen molar-refractivity contribution in [3.8, 4) is 5.88 Å². The van der Waals surface area contributed by atoms with Gasteiger partial charge in [-0.25, -0.2) is 4.68 Å². The lowest BCUT2D eigenvalue weighted by Crippen LogP contribution is -2.29. The van der Waals surface area contributed by atoms with Crippen LogP contribution in [0.1, 0.15) is 58.6 Å². The van der Waals surface area contributed by atoms with Gasteiger partial charge >= 0.3 is 0 Å². The van der Waals surface area contributed by atoms with Crippen molar-refractivity contribution in [1.29, 1.82) is 0 Å². The van der Waals surface area contributed by atoms with Crippen molar-refractivity contribution in [1.82, 2.24) is 9.78 Å². The third-order valence-corrected chi connectivity index (χ3v) is 4.43. The third-order valence-electron chi connectivity index (χ3n) is 4.43. The van der Waals surface area contributed by atoms with Crippen molar-refractivity contribution in [2.45, 2.75) is 59.0 Å². The summed E-state index contributed by atoms with van der Waals surface area (Å²) in [6.45, 7) is 8.85. The Morgan fingerprint density at radius 3 is 2.47 bits per heavy atom. The molecule has 1 saturated carbocycles. The molecule has 4 nitrogen and oxygen atoms in total. The van der Waals surface area contributed by atoms with Crippen LogP contribution in [-0.4, -0.2) is 15.9 Å². The fourth-order valence-corrected chi connectivity index (χ4v) is 2.87. The highest BCUT2D eigenvalue weighted by Gasteiger charge is 2.28. The summed E-state index contributed by atoms with van der Waals surface area (Å²) in [5, 5.41) is 4.48. The van der Waals surface area contributed by atoms with Crippen molar-refractivity contribution < 1.29 is 4.74 Å². The monoisotopic (exact) mass is 265 g/mol. The molecule has 1 fully saturated rings. The zero-order valence-corrected chi connectivity index (χ0v) is 12.8. The highest BCUT2D eigenvalue weighted by molar-refractivity contribution is 5.54. The third kappa shape index (κ3) is 2.88. The van der Waals surface area contributed by atoms with E-state index in [9.17, 15) is 0 Å². The van der Waals surface area contributed by atoms with Crippen LogP contribution in [0.15, 0.2) is 0 Å². The average Bonchev–Trinajstić information content (AvgIpc) is 2.62. The number of hydrogen-bond donors (Lipinski definition) is 1. The van der Waals surface area contributed by atoms with E-state index in [4.69, 9.17) is 10.5 Å². The molecule has 1 aliphatic carbocycles. The molecule has 0 radical (unpaired) electrons. The van der Waals surface area contributed by atoms with Crippen LogP contribution in [-0.2, 0) is 7.05 Å². The molecule has 2 N–H and O–H groups in total. The van der Waals surface area contributed by atoms with Gasteiger partial charge in [0.15, 0.2) is 0 Å². The lowest BCUT2D eigenvalue weighted by atomic mass is 9.80. The first-order valence-electron chi connectivity index (χ1n) is 7.39. The van der Waals surface area contributed by atoms with Gasteiger partial charge in [-0.1, -0.05) is 27.7 Å². The smallest absolute Gasteiger partial charge is 0.236 e. The normalized spacial score (nSPS) is 27.8. The van der Waals surface area contributed by atoms with E-state index < -0.39 is 0 Å². The number of aryl methyl sites for hydroxylation is 1. The van der Waals surface area contributed by atoms with Gasteiger partial charge in [-0.3, -0.25) is 0 Å². The summed E-state index contributed by atoms with van der Waals surface area (Å²) in [5.41, 5.74) is 7.83. The fraction of sp³-hybridized carbons (Fsp3) is 0.800. The van der Waals surface area contributed by atoms with Gasteiger partial charge in [0.05, 0.1) is 5.69 Å². The maximum Gasteiger partial charge on any atom is 0.236 e. The number of nitrogens with two attached hydrogens (primary N) is 1. The van der Waals surface area contributed by atoms with Crippen LogP contribution in [0.2, 0.25) is 0 Å². The molecule has 0 amide bonds. The number of ether oxygens (including phenoxy) is 1. The molecular weight excluding hydrogens is 238 g/mol. The number of nitrogens with zero attached hydrogens (tertiary/aromatic N) is 2. The molecule has 3 atom stereocenters. The van der Waals surface area contributed by atoms with Gasteiger partial charge in [-0.2, -0.15) is 5.10 Å². The Morgan fingerprint density at radius 2 is 1.95 bits per heavy atom. The molecule has 1 aromatic heterocycles. The van der Waals surface area contributed by atoms with Crippen LogP contribution in [0.5, 0.6) is 5.88 Å². The molecule has 1 heterocycles. The minimum atomic E-state index is 0.281. The maximum atomic E-state index is 6.18. The van der Waals surface area contributed by atoms with Gasteiger partial charge in [0, 0.05) is 7.05 Å². The summed E-state index contributed by atoms with van der Waals surface area (Å²) in [6, 6.07) is 0. The number of hydrogen-bond acceptors (Lipinski definition) is 3. The average molecular weight is 265 g/mol. The lowest BCUT2D eigenvalue weighted by Gasteiger charge is -2.32. The van der Waals surface area contributed by atoms with E-state index in [1.54, 1.807) is 4.68 Å². The first-order chi connectivity index (χ1) is 8.90. The Hall–Kier alpha value is -1.19. The van der Waals surface area contributed by atoms with E-state index in [0.717, 1.165) is 36.3 Å². The molecule has 3 unspecified atom stereocenters. The quantitative estimate of drug-likeness (QED) is 0.912. The predicted octanol–water partition coefficient (Wildman–Crippen LogP) is 3.33. The van der Waals surface area contributed by atoms with E-state index in [-0.39, 0.29) is 6.10 Å². The SMILES string of the molecule is CC(C)c1nn(C)c(OC2CCC(C)C(C)C2)c1N. The second-order valence-corrected chi connectivity index (χ2v) is 6.39. The minimum Gasteiger partial charge on any atom is -0.473 e. The Balaban J connectivity index is 2.11. The van der Waals surface area contributed by atoms with E-state index in [1.807, 2.05) is 7.05 Å². The Labute approximate surface area is 116 Å². The molecule has 0 aromatic carbocycles. The van der Waals surface area contributed by atoms with Crippen LogP contribution in [0.4, 0.5) is 5.69 Å². The second kappa shape index (κ2) is 5.43. The first kappa shape index (κ1) is 14.2. The molecule has 0 spiro atoms. The van der Waals surface area contributed by atoms with Crippen molar-refractivity contribution in [3.63, 3.8) is 0 Å². The topological polar surface area (TPSA) is 53.1 Å². The zero-order valence-electron chi connectivity index (χ0n) is 12.8. The lowest BCUT2D eigenvalue weighted by molar-refractivity contribution is 0.0931. The molecule has 4 heteroatoms. The first-order valence-corrected chi connectivity index (χ1v) is 7.39. The largest absolute Gasteiger partial charge is 0.473 e. The molecule has 108 valence electrons. The van der Waals surface area contributed by atoms with Crippen molar-refractivity contribution in [2.24, 2.45) is 18.9 Å². The van der Waals surface area contributed by atoms with Crippen LogP contribution < -0.4 is 10.5 Å². The molecule has 0 saturated heterocycles. The second-order valence-electron chi connectivity index (χ2n) is 6.39. The molecule has 19 heavy (non-hydrogen) atoms. The number of rotatable bonds is 3. The maximum absolute atomic E-state index is 6.18.